The van der Waals surface area contributed by atoms with Gasteiger partial charge in [-0.2, -0.15) is 0 Å². The van der Waals surface area contributed by atoms with E-state index in [0.717, 1.165) is 11.3 Å². The first-order chi connectivity index (χ1) is 13.1. The number of hydrogen-bond acceptors (Lipinski definition) is 7. The van der Waals surface area contributed by atoms with E-state index in [4.69, 9.17) is 18.7 Å². The highest BCUT2D eigenvalue weighted by atomic mass is 16.7. The fourth-order valence-electron chi connectivity index (χ4n) is 2.68. The van der Waals surface area contributed by atoms with Gasteiger partial charge in [-0.25, -0.2) is 4.79 Å². The van der Waals surface area contributed by atoms with Gasteiger partial charge in [-0.3, -0.25) is 0 Å². The second-order valence-corrected chi connectivity index (χ2v) is 6.27. The molecule has 0 radical (unpaired) electrons. The molecule has 4 rings (SSSR count). The molecule has 2 heterocycles. The molecule has 0 saturated heterocycles. The molecule has 0 N–H and O–H groups in total. The number of ether oxygens (including phenoxy) is 3. The summed E-state index contributed by atoms with van der Waals surface area (Å²) in [6, 6.07) is 14.4. The van der Waals surface area contributed by atoms with Crippen LogP contribution >= 0.6 is 0 Å². The normalized spacial score (nSPS) is 12.1. The van der Waals surface area contributed by atoms with E-state index in [1.54, 1.807) is 18.2 Å². The van der Waals surface area contributed by atoms with E-state index in [-0.39, 0.29) is 13.4 Å². The molecule has 7 heteroatoms. The van der Waals surface area contributed by atoms with Crippen molar-refractivity contribution >= 4 is 11.7 Å². The molecule has 0 fully saturated rings. The van der Waals surface area contributed by atoms with Gasteiger partial charge < -0.3 is 23.6 Å². The smallest absolute Gasteiger partial charge is 0.338 e. The van der Waals surface area contributed by atoms with E-state index < -0.39 is 5.97 Å². The molecule has 1 aliphatic rings. The number of nitrogens with zero attached hydrogens (tertiary/aromatic N) is 2. The third kappa shape index (κ3) is 3.57. The maximum atomic E-state index is 12.2. The van der Waals surface area contributed by atoms with Crippen LogP contribution in [-0.4, -0.2) is 32.0 Å². The molecular weight excluding hydrogens is 348 g/mol. The highest BCUT2D eigenvalue weighted by Gasteiger charge is 2.16. The second-order valence-electron chi connectivity index (χ2n) is 6.27. The highest BCUT2D eigenvalue weighted by molar-refractivity contribution is 5.89. The zero-order chi connectivity index (χ0) is 18.8. The number of carbonyl (C=O) groups is 1. The number of fused-ring (bicyclic) bond motifs is 1. The fraction of sp³-hybridized carbons (Fsp3) is 0.200. The molecule has 0 amide bonds. The maximum absolute atomic E-state index is 12.2. The summed E-state index contributed by atoms with van der Waals surface area (Å²) in [5.41, 5.74) is 2.83. The standard InChI is InChI=1S/C20H18N2O5/c1-22(2)16-6-3-13(4-7-16)20(23)24-11-15-10-18(27-21-15)14-5-8-17-19(9-14)26-12-25-17/h3-10H,11-12H2,1-2H3. The molecule has 2 aromatic carbocycles. The first kappa shape index (κ1) is 17.0. The number of aromatic nitrogens is 1. The van der Waals surface area contributed by atoms with Crippen LogP contribution in [0.15, 0.2) is 53.1 Å². The molecule has 0 saturated carbocycles. The lowest BCUT2D eigenvalue weighted by atomic mass is 10.1. The minimum absolute atomic E-state index is 0.0301. The first-order valence-corrected chi connectivity index (χ1v) is 8.40. The second kappa shape index (κ2) is 7.03. The van der Waals surface area contributed by atoms with Crippen LogP contribution in [0.1, 0.15) is 16.1 Å². The van der Waals surface area contributed by atoms with Crippen molar-refractivity contribution in [2.45, 2.75) is 6.61 Å². The molecule has 1 aromatic heterocycles. The molecular formula is C20H18N2O5. The zero-order valence-corrected chi connectivity index (χ0v) is 15.0. The number of hydrogen-bond donors (Lipinski definition) is 0. The Kier molecular flexibility index (Phi) is 4.42. The van der Waals surface area contributed by atoms with Crippen LogP contribution in [0.2, 0.25) is 0 Å². The summed E-state index contributed by atoms with van der Waals surface area (Å²) in [5.74, 6) is 1.52. The van der Waals surface area contributed by atoms with E-state index in [0.29, 0.717) is 28.5 Å². The molecule has 27 heavy (non-hydrogen) atoms. The maximum Gasteiger partial charge on any atom is 0.338 e. The van der Waals surface area contributed by atoms with Gasteiger partial charge in [0.25, 0.3) is 0 Å². The number of esters is 1. The summed E-state index contributed by atoms with van der Waals surface area (Å²) in [4.78, 5) is 14.1. The van der Waals surface area contributed by atoms with Crippen LogP contribution in [0.25, 0.3) is 11.3 Å². The van der Waals surface area contributed by atoms with Crippen LogP contribution in [0, 0.1) is 0 Å². The molecule has 0 unspecified atom stereocenters. The van der Waals surface area contributed by atoms with Crippen molar-refractivity contribution < 1.29 is 23.5 Å². The highest BCUT2D eigenvalue weighted by Crippen LogP contribution is 2.36. The van der Waals surface area contributed by atoms with Gasteiger partial charge in [0.2, 0.25) is 6.79 Å². The van der Waals surface area contributed by atoms with Gasteiger partial charge in [0.15, 0.2) is 17.3 Å². The van der Waals surface area contributed by atoms with E-state index in [9.17, 15) is 4.79 Å². The predicted molar refractivity (Wildman–Crippen MR) is 98.0 cm³/mol. The lowest BCUT2D eigenvalue weighted by Crippen LogP contribution is -2.09. The molecule has 0 spiro atoms. The number of benzene rings is 2. The minimum atomic E-state index is -0.409. The van der Waals surface area contributed by atoms with Crippen molar-refractivity contribution in [3.8, 4) is 22.8 Å². The molecule has 0 aliphatic carbocycles. The van der Waals surface area contributed by atoms with Crippen molar-refractivity contribution in [3.05, 3.63) is 59.8 Å². The summed E-state index contributed by atoms with van der Waals surface area (Å²) in [7, 11) is 3.88. The Morgan fingerprint density at radius 3 is 2.63 bits per heavy atom. The van der Waals surface area contributed by atoms with Gasteiger partial charge in [-0.15, -0.1) is 0 Å². The largest absolute Gasteiger partial charge is 0.455 e. The molecule has 3 aromatic rings. The topological polar surface area (TPSA) is 74.0 Å². The lowest BCUT2D eigenvalue weighted by molar-refractivity contribution is 0.0464. The van der Waals surface area contributed by atoms with Gasteiger partial charge in [0, 0.05) is 31.4 Å². The van der Waals surface area contributed by atoms with Crippen molar-refractivity contribution in [2.24, 2.45) is 0 Å². The average molecular weight is 366 g/mol. The van der Waals surface area contributed by atoms with Crippen LogP contribution < -0.4 is 14.4 Å². The van der Waals surface area contributed by atoms with E-state index in [1.807, 2.05) is 49.3 Å². The Hall–Kier alpha value is -3.48. The van der Waals surface area contributed by atoms with E-state index in [1.165, 1.54) is 0 Å². The van der Waals surface area contributed by atoms with Crippen molar-refractivity contribution in [1.82, 2.24) is 5.16 Å². The van der Waals surface area contributed by atoms with Crippen LogP contribution in [-0.2, 0) is 11.3 Å². The predicted octanol–water partition coefficient (Wildman–Crippen LogP) is 3.49. The Balaban J connectivity index is 1.40. The third-order valence-electron chi connectivity index (χ3n) is 4.19. The summed E-state index contributed by atoms with van der Waals surface area (Å²) >= 11 is 0. The quantitative estimate of drug-likeness (QED) is 0.640. The SMILES string of the molecule is CN(C)c1ccc(C(=O)OCc2cc(-c3ccc4c(c3)OCO4)on2)cc1. The van der Waals surface area contributed by atoms with Gasteiger partial charge >= 0.3 is 5.97 Å². The first-order valence-electron chi connectivity index (χ1n) is 8.40. The Labute approximate surface area is 156 Å². The molecule has 7 nitrogen and oxygen atoms in total. The minimum Gasteiger partial charge on any atom is -0.455 e. The zero-order valence-electron chi connectivity index (χ0n) is 15.0. The fourth-order valence-corrected chi connectivity index (χ4v) is 2.68. The van der Waals surface area contributed by atoms with Gasteiger partial charge in [0.1, 0.15) is 12.3 Å². The van der Waals surface area contributed by atoms with E-state index in [2.05, 4.69) is 5.16 Å². The Bertz CT molecular complexity index is 963. The lowest BCUT2D eigenvalue weighted by Gasteiger charge is -2.12. The molecule has 138 valence electrons. The Morgan fingerprint density at radius 1 is 1.07 bits per heavy atom. The van der Waals surface area contributed by atoms with Crippen LogP contribution in [0.3, 0.4) is 0 Å². The van der Waals surface area contributed by atoms with Crippen molar-refractivity contribution in [3.63, 3.8) is 0 Å². The third-order valence-corrected chi connectivity index (χ3v) is 4.19. The average Bonchev–Trinajstić information content (AvgIpc) is 3.34. The Morgan fingerprint density at radius 2 is 1.85 bits per heavy atom. The summed E-state index contributed by atoms with van der Waals surface area (Å²) in [5, 5.41) is 3.96. The van der Waals surface area contributed by atoms with Gasteiger partial charge in [-0.1, -0.05) is 5.16 Å². The number of carbonyl (C=O) groups excluding carboxylic acids is 1. The number of anilines is 1. The van der Waals surface area contributed by atoms with Crippen LogP contribution in [0.5, 0.6) is 11.5 Å². The number of rotatable bonds is 5. The molecule has 0 bridgehead atoms. The van der Waals surface area contributed by atoms with Crippen molar-refractivity contribution in [2.75, 3.05) is 25.8 Å². The van der Waals surface area contributed by atoms with Gasteiger partial charge in [-0.05, 0) is 42.5 Å². The summed E-state index contributed by atoms with van der Waals surface area (Å²) < 4.78 is 21.3. The summed E-state index contributed by atoms with van der Waals surface area (Å²) in [6.45, 7) is 0.244. The molecule has 0 atom stereocenters. The monoisotopic (exact) mass is 366 g/mol. The van der Waals surface area contributed by atoms with Crippen LogP contribution in [0.4, 0.5) is 5.69 Å². The molecule has 1 aliphatic heterocycles. The summed E-state index contributed by atoms with van der Waals surface area (Å²) in [6.07, 6.45) is 0. The van der Waals surface area contributed by atoms with Crippen molar-refractivity contribution in [1.29, 1.82) is 0 Å². The van der Waals surface area contributed by atoms with Gasteiger partial charge in [0.05, 0.1) is 5.56 Å². The van der Waals surface area contributed by atoms with E-state index >= 15 is 0 Å².